The first-order valence-corrected chi connectivity index (χ1v) is 11.6. The number of carbonyl (C=O) groups is 2. The van der Waals surface area contributed by atoms with Gasteiger partial charge in [0.05, 0.1) is 20.5 Å². The first-order chi connectivity index (χ1) is 14.7. The number of ether oxygens (including phenoxy) is 1. The summed E-state index contributed by atoms with van der Waals surface area (Å²) in [6, 6.07) is 8.44. The normalized spacial score (nSPS) is 11.0. The third-order valence-electron chi connectivity index (χ3n) is 3.46. The predicted octanol–water partition coefficient (Wildman–Crippen LogP) is 3.36. The molecule has 31 heavy (non-hydrogen) atoms. The number of nitrogens with zero attached hydrogens (tertiary/aromatic N) is 2. The summed E-state index contributed by atoms with van der Waals surface area (Å²) < 4.78 is 32.4. The lowest BCUT2D eigenvalue weighted by molar-refractivity contribution is -0.380. The predicted molar refractivity (Wildman–Crippen MR) is 114 cm³/mol. The van der Waals surface area contributed by atoms with E-state index in [0.29, 0.717) is 11.3 Å². The van der Waals surface area contributed by atoms with Crippen molar-refractivity contribution in [1.29, 1.82) is 0 Å². The van der Waals surface area contributed by atoms with Crippen LogP contribution in [0.2, 0.25) is 4.34 Å². The first-order valence-electron chi connectivity index (χ1n) is 8.10. The molecule has 0 atom stereocenters. The Labute approximate surface area is 187 Å². The largest absolute Gasteiger partial charge is 0.452 e. The number of nitrogens with one attached hydrogen (secondary N) is 2. The molecule has 2 aromatic heterocycles. The maximum Gasteiger partial charge on any atom is 0.345 e. The third-order valence-corrected chi connectivity index (χ3v) is 7.41. The lowest BCUT2D eigenvalue weighted by Crippen LogP contribution is -2.22. The monoisotopic (exact) mass is 502 g/mol. The van der Waals surface area contributed by atoms with E-state index in [1.807, 2.05) is 0 Å². The average molecular weight is 503 g/mol. The van der Waals surface area contributed by atoms with Gasteiger partial charge < -0.3 is 4.74 Å². The highest BCUT2D eigenvalue weighted by Gasteiger charge is 2.22. The van der Waals surface area contributed by atoms with Crippen molar-refractivity contribution in [2.24, 2.45) is 0 Å². The van der Waals surface area contributed by atoms with Gasteiger partial charge in [-0.25, -0.2) is 18.2 Å². The molecule has 0 aliphatic carbocycles. The van der Waals surface area contributed by atoms with E-state index in [2.05, 4.69) is 15.0 Å². The Balaban J connectivity index is 1.65. The molecule has 0 aliphatic rings. The summed E-state index contributed by atoms with van der Waals surface area (Å²) in [4.78, 5) is 37.9. The van der Waals surface area contributed by atoms with E-state index in [0.717, 1.165) is 17.5 Å². The summed E-state index contributed by atoms with van der Waals surface area (Å²) in [5, 5.41) is 12.6. The molecule has 0 saturated carbocycles. The number of hydrogen-bond donors (Lipinski definition) is 2. The number of hydrogen-bond acceptors (Lipinski definition) is 10. The Morgan fingerprint density at radius 3 is 2.58 bits per heavy atom. The van der Waals surface area contributed by atoms with Crippen molar-refractivity contribution in [2.45, 2.75) is 4.21 Å². The van der Waals surface area contributed by atoms with Crippen LogP contribution in [0.15, 0.2) is 46.8 Å². The number of benzene rings is 1. The van der Waals surface area contributed by atoms with Gasteiger partial charge >= 0.3 is 11.0 Å². The second-order valence-corrected chi connectivity index (χ2v) is 10.2. The van der Waals surface area contributed by atoms with Crippen molar-refractivity contribution in [3.63, 3.8) is 0 Å². The molecule has 0 saturated heterocycles. The number of thiazole rings is 1. The summed E-state index contributed by atoms with van der Waals surface area (Å²) in [6.45, 7) is -0.714. The third kappa shape index (κ3) is 5.75. The van der Waals surface area contributed by atoms with Gasteiger partial charge in [-0.05, 0) is 35.6 Å². The molecular formula is C16H11ClN4O7S3. The second-order valence-electron chi connectivity index (χ2n) is 5.59. The molecule has 3 aromatic rings. The smallest absolute Gasteiger partial charge is 0.345 e. The number of aromatic nitrogens is 1. The lowest BCUT2D eigenvalue weighted by Gasteiger charge is -2.11. The van der Waals surface area contributed by atoms with Gasteiger partial charge in [0.25, 0.3) is 15.9 Å². The van der Waals surface area contributed by atoms with Crippen molar-refractivity contribution >= 4 is 72.0 Å². The van der Waals surface area contributed by atoms with Gasteiger partial charge in [0.15, 0.2) is 11.7 Å². The number of para-hydroxylation sites is 1. The fourth-order valence-corrected chi connectivity index (χ4v) is 5.37. The number of nitro groups is 1. The van der Waals surface area contributed by atoms with E-state index in [9.17, 15) is 28.1 Å². The van der Waals surface area contributed by atoms with Crippen LogP contribution in [0.3, 0.4) is 0 Å². The van der Waals surface area contributed by atoms with Gasteiger partial charge in [-0.15, -0.1) is 11.3 Å². The summed E-state index contributed by atoms with van der Waals surface area (Å²) >= 11 is 7.26. The Bertz CT molecular complexity index is 1260. The Kier molecular flexibility index (Phi) is 6.84. The highest BCUT2D eigenvalue weighted by atomic mass is 35.5. The van der Waals surface area contributed by atoms with Crippen LogP contribution < -0.4 is 10.0 Å². The fourth-order valence-electron chi connectivity index (χ4n) is 2.16. The number of sulfonamides is 1. The number of carbonyl (C=O) groups excluding carboxylic acids is 2. The van der Waals surface area contributed by atoms with Crippen LogP contribution in [-0.2, 0) is 19.6 Å². The summed E-state index contributed by atoms with van der Waals surface area (Å²) in [7, 11) is -3.99. The minimum atomic E-state index is -3.99. The summed E-state index contributed by atoms with van der Waals surface area (Å²) in [6.07, 6.45) is 0.982. The van der Waals surface area contributed by atoms with Crippen molar-refractivity contribution in [2.75, 3.05) is 16.6 Å². The van der Waals surface area contributed by atoms with Gasteiger partial charge in [0, 0.05) is 0 Å². The Morgan fingerprint density at radius 2 is 1.94 bits per heavy atom. The summed E-state index contributed by atoms with van der Waals surface area (Å²) in [5.41, 5.74) is -0.167. The van der Waals surface area contributed by atoms with Crippen LogP contribution in [0.5, 0.6) is 0 Å². The van der Waals surface area contributed by atoms with Gasteiger partial charge in [-0.2, -0.15) is 0 Å². The van der Waals surface area contributed by atoms with Gasteiger partial charge in [-0.3, -0.25) is 24.9 Å². The standard InChI is InChI=1S/C16H11ClN4O7S3/c17-11-5-6-14(29-11)31(26,27)20-10-4-2-1-3-9(10)15(23)28-8-12(22)19-16-18-7-13(30-16)21(24)25/h1-7,20H,8H2,(H,18,19,22). The maximum absolute atomic E-state index is 12.5. The molecule has 0 unspecified atom stereocenters. The Morgan fingerprint density at radius 1 is 1.19 bits per heavy atom. The van der Waals surface area contributed by atoms with E-state index in [1.54, 1.807) is 0 Å². The van der Waals surface area contributed by atoms with Crippen LogP contribution >= 0.6 is 34.3 Å². The number of rotatable bonds is 8. The zero-order chi connectivity index (χ0) is 22.6. The van der Waals surface area contributed by atoms with Crippen LogP contribution in [0.1, 0.15) is 10.4 Å². The molecule has 11 nitrogen and oxygen atoms in total. The van der Waals surface area contributed by atoms with Crippen LogP contribution in [0, 0.1) is 10.1 Å². The van der Waals surface area contributed by atoms with E-state index in [-0.39, 0.29) is 29.9 Å². The number of amides is 1. The van der Waals surface area contributed by atoms with Gasteiger partial charge in [-0.1, -0.05) is 23.7 Å². The van der Waals surface area contributed by atoms with Gasteiger partial charge in [0.2, 0.25) is 0 Å². The SMILES string of the molecule is O=C(COC(=O)c1ccccc1NS(=O)(=O)c1ccc(Cl)s1)Nc1ncc([N+](=O)[O-])s1. The van der Waals surface area contributed by atoms with Crippen molar-refractivity contribution in [1.82, 2.24) is 4.98 Å². The molecule has 0 aliphatic heterocycles. The minimum absolute atomic E-state index is 0.0319. The first kappa shape index (κ1) is 22.6. The molecule has 0 spiro atoms. The average Bonchev–Trinajstić information content (AvgIpc) is 3.36. The fraction of sp³-hybridized carbons (Fsp3) is 0.0625. The number of esters is 1. The number of anilines is 2. The van der Waals surface area contributed by atoms with Crippen molar-refractivity contribution in [3.8, 4) is 0 Å². The number of halogens is 1. The molecule has 162 valence electrons. The van der Waals surface area contributed by atoms with E-state index < -0.39 is 33.4 Å². The molecule has 15 heteroatoms. The lowest BCUT2D eigenvalue weighted by atomic mass is 10.2. The molecule has 2 N–H and O–H groups in total. The highest BCUT2D eigenvalue weighted by molar-refractivity contribution is 7.94. The Hall–Kier alpha value is -3.07. The quantitative estimate of drug-likeness (QED) is 0.269. The zero-order valence-corrected chi connectivity index (χ0v) is 18.3. The molecule has 0 bridgehead atoms. The maximum atomic E-state index is 12.5. The molecule has 0 radical (unpaired) electrons. The van der Waals surface area contributed by atoms with Crippen LogP contribution in [0.25, 0.3) is 0 Å². The van der Waals surface area contributed by atoms with E-state index in [4.69, 9.17) is 16.3 Å². The van der Waals surface area contributed by atoms with E-state index >= 15 is 0 Å². The van der Waals surface area contributed by atoms with Crippen molar-refractivity contribution < 1.29 is 27.7 Å². The van der Waals surface area contributed by atoms with Crippen LogP contribution in [-0.4, -0.2) is 36.8 Å². The molecular weight excluding hydrogens is 492 g/mol. The highest BCUT2D eigenvalue weighted by Crippen LogP contribution is 2.28. The van der Waals surface area contributed by atoms with E-state index in [1.165, 1.54) is 36.4 Å². The minimum Gasteiger partial charge on any atom is -0.452 e. The molecule has 2 heterocycles. The molecule has 3 rings (SSSR count). The van der Waals surface area contributed by atoms with Crippen LogP contribution in [0.4, 0.5) is 15.8 Å². The molecule has 1 aromatic carbocycles. The zero-order valence-electron chi connectivity index (χ0n) is 15.1. The van der Waals surface area contributed by atoms with Crippen molar-refractivity contribution in [3.05, 3.63) is 62.6 Å². The molecule has 0 fully saturated rings. The second kappa shape index (κ2) is 9.38. The summed E-state index contributed by atoms with van der Waals surface area (Å²) in [5.74, 6) is -1.73. The number of thiophene rings is 1. The topological polar surface area (TPSA) is 158 Å². The van der Waals surface area contributed by atoms with Gasteiger partial charge in [0.1, 0.15) is 10.4 Å². The molecule has 1 amide bonds.